The highest BCUT2D eigenvalue weighted by atomic mass is 32.1. The van der Waals surface area contributed by atoms with Crippen LogP contribution in [0.2, 0.25) is 0 Å². The minimum Gasteiger partial charge on any atom is -0.465 e. The van der Waals surface area contributed by atoms with Gasteiger partial charge in [-0.1, -0.05) is 18.2 Å². The lowest BCUT2D eigenvalue weighted by Gasteiger charge is -2.40. The first-order valence-electron chi connectivity index (χ1n) is 11.8. The fraction of sp³-hybridized carbons (Fsp3) is 0.423. The Hall–Kier alpha value is -2.69. The highest BCUT2D eigenvalue weighted by Crippen LogP contribution is 2.25. The van der Waals surface area contributed by atoms with Crippen LogP contribution in [0.25, 0.3) is 0 Å². The van der Waals surface area contributed by atoms with Gasteiger partial charge in [-0.3, -0.25) is 14.5 Å². The molecule has 0 saturated heterocycles. The fourth-order valence-corrected chi connectivity index (χ4v) is 6.09. The number of hydrogen-bond acceptors (Lipinski definition) is 6. The van der Waals surface area contributed by atoms with Crippen LogP contribution in [0.1, 0.15) is 59.5 Å². The maximum Gasteiger partial charge on any atom is 0.408 e. The zero-order valence-corrected chi connectivity index (χ0v) is 23.3. The number of carbonyl (C=O) groups excluding carboxylic acids is 2. The van der Waals surface area contributed by atoms with E-state index in [2.05, 4.69) is 5.32 Å². The van der Waals surface area contributed by atoms with Crippen LogP contribution in [0.4, 0.5) is 4.79 Å². The molecule has 2 N–H and O–H groups in total. The minimum absolute atomic E-state index is 0.113. The van der Waals surface area contributed by atoms with Gasteiger partial charge in [0.1, 0.15) is 6.04 Å². The van der Waals surface area contributed by atoms with E-state index in [0.717, 1.165) is 9.75 Å². The molecule has 7 nitrogen and oxygen atoms in total. The second-order valence-electron chi connectivity index (χ2n) is 9.42. The average Bonchev–Trinajstić information content (AvgIpc) is 3.59. The number of nitrogens with one attached hydrogen (secondary N) is 1. The quantitative estimate of drug-likeness (QED) is 0.266. The number of carbonyl (C=O) groups is 3. The molecule has 0 aromatic carbocycles. The van der Waals surface area contributed by atoms with Gasteiger partial charge in [0.25, 0.3) is 5.91 Å². The van der Waals surface area contributed by atoms with Gasteiger partial charge >= 0.3 is 6.09 Å². The molecule has 194 valence electrons. The summed E-state index contributed by atoms with van der Waals surface area (Å²) in [6.07, 6.45) is 0.517. The molecule has 36 heavy (non-hydrogen) atoms. The van der Waals surface area contributed by atoms with E-state index in [1.807, 2.05) is 67.2 Å². The largest absolute Gasteiger partial charge is 0.465 e. The predicted molar refractivity (Wildman–Crippen MR) is 147 cm³/mol. The molecule has 0 fully saturated rings. The summed E-state index contributed by atoms with van der Waals surface area (Å²) < 4.78 is 0. The van der Waals surface area contributed by atoms with Crippen LogP contribution in [0.15, 0.2) is 52.5 Å². The van der Waals surface area contributed by atoms with Crippen LogP contribution >= 0.6 is 34.0 Å². The fourth-order valence-electron chi connectivity index (χ4n) is 4.01. The Kier molecular flexibility index (Phi) is 10.1. The summed E-state index contributed by atoms with van der Waals surface area (Å²) in [5, 5.41) is 18.8. The lowest BCUT2D eigenvalue weighted by atomic mass is 9.98. The Morgan fingerprint density at radius 1 is 0.917 bits per heavy atom. The molecule has 1 unspecified atom stereocenters. The smallest absolute Gasteiger partial charge is 0.408 e. The lowest BCUT2D eigenvalue weighted by molar-refractivity contribution is -0.139. The number of amides is 3. The Morgan fingerprint density at radius 3 is 1.97 bits per heavy atom. The van der Waals surface area contributed by atoms with Gasteiger partial charge in [-0.15, -0.1) is 34.0 Å². The average molecular weight is 548 g/mol. The maximum absolute atomic E-state index is 14.0. The van der Waals surface area contributed by atoms with Crippen LogP contribution in [0.5, 0.6) is 0 Å². The topological polar surface area (TPSA) is 90.0 Å². The van der Waals surface area contributed by atoms with E-state index < -0.39 is 17.7 Å². The Bertz CT molecular complexity index is 1050. The van der Waals surface area contributed by atoms with Crippen molar-refractivity contribution in [1.29, 1.82) is 0 Å². The van der Waals surface area contributed by atoms with Crippen molar-refractivity contribution in [2.24, 2.45) is 0 Å². The molecule has 3 aromatic rings. The first-order chi connectivity index (χ1) is 17.2. The van der Waals surface area contributed by atoms with Crippen molar-refractivity contribution in [3.63, 3.8) is 0 Å². The van der Waals surface area contributed by atoms with Gasteiger partial charge in [-0.05, 0) is 74.4 Å². The summed E-state index contributed by atoms with van der Waals surface area (Å²) in [4.78, 5) is 44.3. The van der Waals surface area contributed by atoms with E-state index in [9.17, 15) is 19.5 Å². The van der Waals surface area contributed by atoms with Crippen LogP contribution < -0.4 is 5.32 Å². The zero-order valence-electron chi connectivity index (χ0n) is 20.8. The summed E-state index contributed by atoms with van der Waals surface area (Å²) in [5.41, 5.74) is -0.753. The first kappa shape index (κ1) is 27.9. The summed E-state index contributed by atoms with van der Waals surface area (Å²) in [5.74, 6) is -0.311. The van der Waals surface area contributed by atoms with E-state index in [1.54, 1.807) is 33.6 Å². The van der Waals surface area contributed by atoms with Crippen molar-refractivity contribution in [3.8, 4) is 0 Å². The van der Waals surface area contributed by atoms with Gasteiger partial charge in [0.15, 0.2) is 0 Å². The molecule has 0 aliphatic rings. The van der Waals surface area contributed by atoms with Gasteiger partial charge in [0, 0.05) is 21.8 Å². The third-order valence-electron chi connectivity index (χ3n) is 5.63. The second kappa shape index (κ2) is 13.0. The predicted octanol–water partition coefficient (Wildman–Crippen LogP) is 6.15. The van der Waals surface area contributed by atoms with Crippen molar-refractivity contribution in [2.75, 3.05) is 6.54 Å². The van der Waals surface area contributed by atoms with E-state index in [0.29, 0.717) is 43.8 Å². The standard InChI is InChI=1S/C26H33N3O4S3/c1-26(2,3)29(25(32)33)21(11-4-5-13-27-23(30)22-12-8-16-36-22)24(31)28(17-19-9-6-14-34-19)18-20-10-7-15-35-20/h6-10,12,14-16,21H,4-5,11,13,17-18H2,1-3H3,(H,27,30)(H,32,33). The summed E-state index contributed by atoms with van der Waals surface area (Å²) in [6.45, 7) is 6.76. The highest BCUT2D eigenvalue weighted by molar-refractivity contribution is 7.12. The van der Waals surface area contributed by atoms with Crippen LogP contribution in [-0.2, 0) is 17.9 Å². The van der Waals surface area contributed by atoms with Crippen LogP contribution in [-0.4, -0.2) is 50.9 Å². The molecule has 3 amide bonds. The second-order valence-corrected chi connectivity index (χ2v) is 12.4. The van der Waals surface area contributed by atoms with Gasteiger partial charge in [-0.25, -0.2) is 4.79 Å². The van der Waals surface area contributed by atoms with Gasteiger partial charge in [0.05, 0.1) is 18.0 Å². The molecule has 0 saturated carbocycles. The Balaban J connectivity index is 1.74. The number of hydrogen-bond donors (Lipinski definition) is 2. The van der Waals surface area contributed by atoms with Gasteiger partial charge < -0.3 is 15.3 Å². The van der Waals surface area contributed by atoms with Crippen LogP contribution in [0, 0.1) is 0 Å². The molecule has 3 rings (SSSR count). The third kappa shape index (κ3) is 7.91. The molecular weight excluding hydrogens is 515 g/mol. The highest BCUT2D eigenvalue weighted by Gasteiger charge is 2.39. The van der Waals surface area contributed by atoms with Crippen molar-refractivity contribution in [2.45, 2.75) is 64.7 Å². The third-order valence-corrected chi connectivity index (χ3v) is 8.22. The van der Waals surface area contributed by atoms with E-state index in [1.165, 1.54) is 16.2 Å². The van der Waals surface area contributed by atoms with E-state index >= 15 is 0 Å². The molecule has 10 heteroatoms. The molecular formula is C26H33N3O4S3. The summed E-state index contributed by atoms with van der Waals surface area (Å²) in [6, 6.07) is 10.7. The van der Waals surface area contributed by atoms with Crippen molar-refractivity contribution in [3.05, 3.63) is 67.2 Å². The number of carboxylic acid groups (broad SMARTS) is 1. The SMILES string of the molecule is CC(C)(C)N(C(=O)O)C(CCCCNC(=O)c1cccs1)C(=O)N(Cc1cccs1)Cc1cccs1. The molecule has 3 heterocycles. The number of nitrogens with zero attached hydrogens (tertiary/aromatic N) is 2. The maximum atomic E-state index is 14.0. The van der Waals surface area contributed by atoms with Gasteiger partial charge in [-0.2, -0.15) is 0 Å². The number of thiophene rings is 3. The van der Waals surface area contributed by atoms with Crippen molar-refractivity contribution >= 4 is 51.9 Å². The Labute approximate surface area is 224 Å². The molecule has 0 radical (unpaired) electrons. The summed E-state index contributed by atoms with van der Waals surface area (Å²) >= 11 is 4.55. The Morgan fingerprint density at radius 2 is 1.50 bits per heavy atom. The molecule has 3 aromatic heterocycles. The zero-order chi connectivity index (χ0) is 26.1. The van der Waals surface area contributed by atoms with Gasteiger partial charge in [0.2, 0.25) is 5.91 Å². The van der Waals surface area contributed by atoms with E-state index in [4.69, 9.17) is 0 Å². The lowest BCUT2D eigenvalue weighted by Crippen LogP contribution is -2.57. The molecule has 0 bridgehead atoms. The van der Waals surface area contributed by atoms with Crippen molar-refractivity contribution in [1.82, 2.24) is 15.1 Å². The van der Waals surface area contributed by atoms with E-state index in [-0.39, 0.29) is 11.8 Å². The molecule has 0 aliphatic carbocycles. The number of unbranched alkanes of at least 4 members (excludes halogenated alkanes) is 1. The molecule has 0 aliphatic heterocycles. The number of rotatable bonds is 12. The summed E-state index contributed by atoms with van der Waals surface area (Å²) in [7, 11) is 0. The molecule has 1 atom stereocenters. The van der Waals surface area contributed by atoms with Crippen LogP contribution in [0.3, 0.4) is 0 Å². The minimum atomic E-state index is -1.11. The normalized spacial score (nSPS) is 12.2. The first-order valence-corrected chi connectivity index (χ1v) is 14.5. The molecule has 0 spiro atoms. The van der Waals surface area contributed by atoms with Crippen molar-refractivity contribution < 1.29 is 19.5 Å². The monoisotopic (exact) mass is 547 g/mol.